The van der Waals surface area contributed by atoms with Gasteiger partial charge >= 0.3 is 0 Å². The van der Waals surface area contributed by atoms with Crippen molar-refractivity contribution in [3.8, 4) is 0 Å². The van der Waals surface area contributed by atoms with Crippen LogP contribution in [0.4, 0.5) is 5.82 Å². The topological polar surface area (TPSA) is 42.1 Å². The number of aromatic nitrogens is 1. The highest BCUT2D eigenvalue weighted by atomic mass is 79.9. The summed E-state index contributed by atoms with van der Waals surface area (Å²) >= 11 is 3.64. The molecule has 1 heterocycles. The highest BCUT2D eigenvalue weighted by molar-refractivity contribution is 9.10. The van der Waals surface area contributed by atoms with Gasteiger partial charge in [0.05, 0.1) is 4.47 Å². The average Bonchev–Trinajstić information content (AvgIpc) is 2.32. The zero-order valence-electron chi connectivity index (χ0n) is 11.8. The van der Waals surface area contributed by atoms with Crippen molar-refractivity contribution < 1.29 is 0 Å². The molecule has 0 fully saturated rings. The number of hydrogen-bond donors (Lipinski definition) is 1. The summed E-state index contributed by atoms with van der Waals surface area (Å²) in [4.78, 5) is 6.84. The molecule has 0 radical (unpaired) electrons. The number of rotatable bonds is 6. The normalized spacial score (nSPS) is 11.7. The summed E-state index contributed by atoms with van der Waals surface area (Å²) in [7, 11) is 0. The smallest absolute Gasteiger partial charge is 0.143 e. The van der Waals surface area contributed by atoms with Crippen molar-refractivity contribution in [3.63, 3.8) is 0 Å². The van der Waals surface area contributed by atoms with E-state index in [0.717, 1.165) is 29.8 Å². The lowest BCUT2D eigenvalue weighted by atomic mass is 9.93. The maximum absolute atomic E-state index is 5.84. The zero-order chi connectivity index (χ0) is 13.8. The van der Waals surface area contributed by atoms with Crippen LogP contribution in [0.1, 0.15) is 32.8 Å². The largest absolute Gasteiger partial charge is 0.355 e. The Bertz CT molecular complexity index is 391. The van der Waals surface area contributed by atoms with Crippen LogP contribution in [0.3, 0.4) is 0 Å². The van der Waals surface area contributed by atoms with Crippen molar-refractivity contribution in [2.75, 3.05) is 24.5 Å². The van der Waals surface area contributed by atoms with Crippen molar-refractivity contribution in [1.82, 2.24) is 4.98 Å². The molecular formula is C14H24BrN3. The van der Waals surface area contributed by atoms with Crippen LogP contribution in [0, 0.1) is 12.3 Å². The molecule has 18 heavy (non-hydrogen) atoms. The first kappa shape index (κ1) is 15.4. The van der Waals surface area contributed by atoms with Crippen LogP contribution in [0.5, 0.6) is 0 Å². The molecule has 0 aliphatic heterocycles. The fraction of sp³-hybridized carbons (Fsp3) is 0.643. The van der Waals surface area contributed by atoms with Crippen LogP contribution < -0.4 is 10.6 Å². The maximum Gasteiger partial charge on any atom is 0.143 e. The van der Waals surface area contributed by atoms with Gasteiger partial charge in [0.1, 0.15) is 5.82 Å². The number of nitrogens with two attached hydrogens (primary N) is 1. The third-order valence-corrected chi connectivity index (χ3v) is 4.01. The monoisotopic (exact) mass is 313 g/mol. The molecule has 0 aliphatic rings. The molecular weight excluding hydrogens is 290 g/mol. The van der Waals surface area contributed by atoms with Gasteiger partial charge in [-0.05, 0) is 52.9 Å². The number of halogens is 1. The lowest BCUT2D eigenvalue weighted by Gasteiger charge is -2.33. The van der Waals surface area contributed by atoms with Crippen LogP contribution in [0.15, 0.2) is 16.7 Å². The van der Waals surface area contributed by atoms with Crippen molar-refractivity contribution in [3.05, 3.63) is 22.3 Å². The lowest BCUT2D eigenvalue weighted by molar-refractivity contribution is 0.376. The Morgan fingerprint density at radius 2 is 2.11 bits per heavy atom. The van der Waals surface area contributed by atoms with E-state index in [1.54, 1.807) is 0 Å². The van der Waals surface area contributed by atoms with Crippen molar-refractivity contribution >= 4 is 21.7 Å². The minimum Gasteiger partial charge on any atom is -0.355 e. The molecule has 0 amide bonds. The Balaban J connectivity index is 3.01. The molecule has 3 nitrogen and oxygen atoms in total. The molecule has 0 atom stereocenters. The summed E-state index contributed by atoms with van der Waals surface area (Å²) < 4.78 is 1.09. The van der Waals surface area contributed by atoms with Crippen molar-refractivity contribution in [2.24, 2.45) is 11.1 Å². The molecule has 0 spiro atoms. The summed E-state index contributed by atoms with van der Waals surface area (Å²) in [6.45, 7) is 11.3. The third-order valence-electron chi connectivity index (χ3n) is 3.03. The van der Waals surface area contributed by atoms with Crippen LogP contribution in [0.2, 0.25) is 0 Å². The SMILES string of the molecule is CCCN(CC(C)(C)CN)c1nccc(C)c1Br. The van der Waals surface area contributed by atoms with E-state index in [0.29, 0.717) is 6.54 Å². The van der Waals surface area contributed by atoms with E-state index in [2.05, 4.69) is 53.5 Å². The van der Waals surface area contributed by atoms with Gasteiger partial charge in [0.2, 0.25) is 0 Å². The van der Waals surface area contributed by atoms with E-state index in [-0.39, 0.29) is 5.41 Å². The molecule has 1 aromatic rings. The summed E-state index contributed by atoms with van der Waals surface area (Å²) in [5.74, 6) is 1.03. The predicted octanol–water partition coefficient (Wildman–Crippen LogP) is 3.35. The first-order valence-corrected chi connectivity index (χ1v) is 7.26. The Hall–Kier alpha value is -0.610. The van der Waals surface area contributed by atoms with Crippen LogP contribution in [-0.2, 0) is 0 Å². The molecule has 0 unspecified atom stereocenters. The van der Waals surface area contributed by atoms with Gasteiger partial charge in [-0.15, -0.1) is 0 Å². The Kier molecular flexibility index (Phi) is 5.60. The first-order chi connectivity index (χ1) is 8.41. The quantitative estimate of drug-likeness (QED) is 0.875. The molecule has 0 saturated heterocycles. The number of nitrogens with zero attached hydrogens (tertiary/aromatic N) is 2. The standard InChI is InChI=1S/C14H24BrN3/c1-5-8-18(10-14(3,4)9-16)13-12(15)11(2)6-7-17-13/h6-7H,5,8-10,16H2,1-4H3. The van der Waals surface area contributed by atoms with Gasteiger partial charge in [-0.25, -0.2) is 4.98 Å². The molecule has 0 bridgehead atoms. The first-order valence-electron chi connectivity index (χ1n) is 6.47. The fourth-order valence-corrected chi connectivity index (χ4v) is 2.34. The zero-order valence-corrected chi connectivity index (χ0v) is 13.4. The molecule has 0 aromatic carbocycles. The van der Waals surface area contributed by atoms with Gasteiger partial charge in [0.15, 0.2) is 0 Å². The Morgan fingerprint density at radius 3 is 2.67 bits per heavy atom. The van der Waals surface area contributed by atoms with E-state index in [1.807, 2.05) is 12.3 Å². The van der Waals surface area contributed by atoms with Crippen LogP contribution >= 0.6 is 15.9 Å². The van der Waals surface area contributed by atoms with Gasteiger partial charge in [0.25, 0.3) is 0 Å². The van der Waals surface area contributed by atoms with Gasteiger partial charge < -0.3 is 10.6 Å². The Morgan fingerprint density at radius 1 is 1.44 bits per heavy atom. The molecule has 4 heteroatoms. The third kappa shape index (κ3) is 3.95. The number of aryl methyl sites for hydroxylation is 1. The molecule has 2 N–H and O–H groups in total. The summed E-state index contributed by atoms with van der Waals surface area (Å²) in [6, 6.07) is 2.02. The molecule has 1 rings (SSSR count). The van der Waals surface area contributed by atoms with Gasteiger partial charge in [0, 0.05) is 19.3 Å². The van der Waals surface area contributed by atoms with E-state index < -0.39 is 0 Å². The number of pyridine rings is 1. The van der Waals surface area contributed by atoms with E-state index in [4.69, 9.17) is 5.73 Å². The molecule has 0 saturated carbocycles. The molecule has 1 aromatic heterocycles. The van der Waals surface area contributed by atoms with E-state index >= 15 is 0 Å². The van der Waals surface area contributed by atoms with Gasteiger partial charge in [-0.1, -0.05) is 20.8 Å². The average molecular weight is 314 g/mol. The van der Waals surface area contributed by atoms with Gasteiger partial charge in [-0.2, -0.15) is 0 Å². The van der Waals surface area contributed by atoms with Crippen molar-refractivity contribution in [1.29, 1.82) is 0 Å². The minimum atomic E-state index is 0.0973. The minimum absolute atomic E-state index is 0.0973. The van der Waals surface area contributed by atoms with Crippen LogP contribution in [0.25, 0.3) is 0 Å². The second kappa shape index (κ2) is 6.53. The van der Waals surface area contributed by atoms with Crippen LogP contribution in [-0.4, -0.2) is 24.6 Å². The number of hydrogen-bond acceptors (Lipinski definition) is 3. The highest BCUT2D eigenvalue weighted by Gasteiger charge is 2.22. The lowest BCUT2D eigenvalue weighted by Crippen LogP contribution is -2.39. The summed E-state index contributed by atoms with van der Waals surface area (Å²) in [5, 5.41) is 0. The fourth-order valence-electron chi connectivity index (χ4n) is 1.86. The Labute approximate surface area is 119 Å². The molecule has 0 aliphatic carbocycles. The second-order valence-electron chi connectivity index (χ2n) is 5.56. The highest BCUT2D eigenvalue weighted by Crippen LogP contribution is 2.29. The number of anilines is 1. The second-order valence-corrected chi connectivity index (χ2v) is 6.35. The maximum atomic E-state index is 5.84. The van der Waals surface area contributed by atoms with E-state index in [1.165, 1.54) is 5.56 Å². The summed E-state index contributed by atoms with van der Waals surface area (Å²) in [6.07, 6.45) is 2.97. The van der Waals surface area contributed by atoms with Crippen molar-refractivity contribution in [2.45, 2.75) is 34.1 Å². The van der Waals surface area contributed by atoms with E-state index in [9.17, 15) is 0 Å². The predicted molar refractivity (Wildman–Crippen MR) is 82.0 cm³/mol. The summed E-state index contributed by atoms with van der Waals surface area (Å²) in [5.41, 5.74) is 7.15. The molecule has 102 valence electrons. The van der Waals surface area contributed by atoms with Gasteiger partial charge in [-0.3, -0.25) is 0 Å².